The minimum atomic E-state index is 0.0877. The quantitative estimate of drug-likeness (QED) is 0.835. The molecular weight excluding hydrogens is 210 g/mol. The molecule has 1 aromatic rings. The highest BCUT2D eigenvalue weighted by molar-refractivity contribution is 6.30. The summed E-state index contributed by atoms with van der Waals surface area (Å²) in [5.41, 5.74) is 1.15. The van der Waals surface area contributed by atoms with Crippen LogP contribution in [-0.4, -0.2) is 19.7 Å². The van der Waals surface area contributed by atoms with Gasteiger partial charge in [0.05, 0.1) is 6.10 Å². The Hall–Kier alpha value is -0.570. The van der Waals surface area contributed by atoms with Crippen molar-refractivity contribution in [3.8, 4) is 0 Å². The van der Waals surface area contributed by atoms with Crippen molar-refractivity contribution in [2.75, 3.05) is 13.7 Å². The van der Waals surface area contributed by atoms with Crippen LogP contribution in [0.2, 0.25) is 5.02 Å². The second-order valence-electron chi connectivity index (χ2n) is 3.84. The SMILES string of the molecule is COC(CNC(C)C)c1ccc(Cl)cc1. The van der Waals surface area contributed by atoms with Crippen molar-refractivity contribution in [2.24, 2.45) is 0 Å². The van der Waals surface area contributed by atoms with Crippen LogP contribution in [0.1, 0.15) is 25.5 Å². The fourth-order valence-corrected chi connectivity index (χ4v) is 1.48. The summed E-state index contributed by atoms with van der Waals surface area (Å²) in [5.74, 6) is 0. The van der Waals surface area contributed by atoms with Crippen LogP contribution in [-0.2, 0) is 4.74 Å². The summed E-state index contributed by atoms with van der Waals surface area (Å²) in [6, 6.07) is 8.24. The zero-order chi connectivity index (χ0) is 11.3. The van der Waals surface area contributed by atoms with E-state index in [9.17, 15) is 0 Å². The van der Waals surface area contributed by atoms with Crippen LogP contribution in [0, 0.1) is 0 Å². The van der Waals surface area contributed by atoms with E-state index in [0.717, 1.165) is 17.1 Å². The maximum absolute atomic E-state index is 5.83. The first kappa shape index (κ1) is 12.5. The molecule has 1 atom stereocenters. The van der Waals surface area contributed by atoms with Crippen LogP contribution >= 0.6 is 11.6 Å². The third-order valence-corrected chi connectivity index (χ3v) is 2.49. The Balaban J connectivity index is 2.61. The molecule has 0 spiro atoms. The standard InChI is InChI=1S/C12H18ClNO/c1-9(2)14-8-12(15-3)10-4-6-11(13)7-5-10/h4-7,9,12,14H,8H2,1-3H3. The van der Waals surface area contributed by atoms with Gasteiger partial charge in [0.1, 0.15) is 0 Å². The molecule has 0 aromatic heterocycles. The number of hydrogen-bond donors (Lipinski definition) is 1. The number of ether oxygens (including phenoxy) is 1. The lowest BCUT2D eigenvalue weighted by atomic mass is 10.1. The van der Waals surface area contributed by atoms with E-state index in [0.29, 0.717) is 6.04 Å². The Labute approximate surface area is 96.6 Å². The lowest BCUT2D eigenvalue weighted by Crippen LogP contribution is -2.28. The average molecular weight is 228 g/mol. The average Bonchev–Trinajstić information content (AvgIpc) is 2.21. The van der Waals surface area contributed by atoms with Gasteiger partial charge in [-0.3, -0.25) is 0 Å². The molecule has 1 rings (SSSR count). The van der Waals surface area contributed by atoms with Gasteiger partial charge in [0.15, 0.2) is 0 Å². The summed E-state index contributed by atoms with van der Waals surface area (Å²) >= 11 is 5.83. The highest BCUT2D eigenvalue weighted by Crippen LogP contribution is 2.18. The van der Waals surface area contributed by atoms with Gasteiger partial charge in [-0.15, -0.1) is 0 Å². The summed E-state index contributed by atoms with van der Waals surface area (Å²) in [7, 11) is 1.72. The lowest BCUT2D eigenvalue weighted by molar-refractivity contribution is 0.100. The van der Waals surface area contributed by atoms with E-state index in [1.54, 1.807) is 7.11 Å². The van der Waals surface area contributed by atoms with E-state index in [4.69, 9.17) is 16.3 Å². The molecule has 0 aliphatic carbocycles. The van der Waals surface area contributed by atoms with E-state index in [1.165, 1.54) is 0 Å². The first-order valence-electron chi connectivity index (χ1n) is 5.15. The van der Waals surface area contributed by atoms with Gasteiger partial charge in [0.2, 0.25) is 0 Å². The van der Waals surface area contributed by atoms with E-state index in [2.05, 4.69) is 19.2 Å². The van der Waals surface area contributed by atoms with Crippen molar-refractivity contribution >= 4 is 11.6 Å². The Morgan fingerprint density at radius 3 is 2.33 bits per heavy atom. The molecule has 0 radical (unpaired) electrons. The largest absolute Gasteiger partial charge is 0.375 e. The van der Waals surface area contributed by atoms with E-state index in [1.807, 2.05) is 24.3 Å². The first-order valence-corrected chi connectivity index (χ1v) is 5.53. The molecule has 0 aliphatic heterocycles. The van der Waals surface area contributed by atoms with Gasteiger partial charge < -0.3 is 10.1 Å². The molecule has 15 heavy (non-hydrogen) atoms. The molecule has 0 saturated carbocycles. The minimum Gasteiger partial charge on any atom is -0.375 e. The number of methoxy groups -OCH3 is 1. The molecule has 0 saturated heterocycles. The van der Waals surface area contributed by atoms with Gasteiger partial charge in [-0.05, 0) is 17.7 Å². The summed E-state index contributed by atoms with van der Waals surface area (Å²) in [6.07, 6.45) is 0.0877. The monoisotopic (exact) mass is 227 g/mol. The van der Waals surface area contributed by atoms with Gasteiger partial charge in [-0.25, -0.2) is 0 Å². The summed E-state index contributed by atoms with van der Waals surface area (Å²) in [4.78, 5) is 0. The van der Waals surface area contributed by atoms with E-state index >= 15 is 0 Å². The predicted molar refractivity (Wildman–Crippen MR) is 64.3 cm³/mol. The zero-order valence-corrected chi connectivity index (χ0v) is 10.2. The van der Waals surface area contributed by atoms with Crippen molar-refractivity contribution in [3.63, 3.8) is 0 Å². The molecule has 0 bridgehead atoms. The number of benzene rings is 1. The number of rotatable bonds is 5. The summed E-state index contributed by atoms with van der Waals surface area (Å²) < 4.78 is 5.42. The van der Waals surface area contributed by atoms with Gasteiger partial charge in [-0.2, -0.15) is 0 Å². The van der Waals surface area contributed by atoms with Crippen molar-refractivity contribution < 1.29 is 4.74 Å². The van der Waals surface area contributed by atoms with Crippen molar-refractivity contribution in [1.29, 1.82) is 0 Å². The van der Waals surface area contributed by atoms with E-state index in [-0.39, 0.29) is 6.10 Å². The topological polar surface area (TPSA) is 21.3 Å². The highest BCUT2D eigenvalue weighted by atomic mass is 35.5. The Bertz CT molecular complexity index is 284. The Morgan fingerprint density at radius 1 is 1.27 bits per heavy atom. The second kappa shape index (κ2) is 6.11. The number of nitrogens with one attached hydrogen (secondary N) is 1. The van der Waals surface area contributed by atoms with Crippen LogP contribution in [0.25, 0.3) is 0 Å². The maximum atomic E-state index is 5.83. The van der Waals surface area contributed by atoms with Crippen molar-refractivity contribution in [1.82, 2.24) is 5.32 Å². The summed E-state index contributed by atoms with van der Waals surface area (Å²) in [5, 5.41) is 4.11. The van der Waals surface area contributed by atoms with Crippen LogP contribution in [0.4, 0.5) is 0 Å². The lowest BCUT2D eigenvalue weighted by Gasteiger charge is -2.18. The molecule has 84 valence electrons. The fraction of sp³-hybridized carbons (Fsp3) is 0.500. The van der Waals surface area contributed by atoms with Crippen LogP contribution in [0.5, 0.6) is 0 Å². The highest BCUT2D eigenvalue weighted by Gasteiger charge is 2.10. The smallest absolute Gasteiger partial charge is 0.0945 e. The van der Waals surface area contributed by atoms with Gasteiger partial charge >= 0.3 is 0 Å². The Kier molecular flexibility index (Phi) is 5.09. The van der Waals surface area contributed by atoms with Crippen LogP contribution in [0.15, 0.2) is 24.3 Å². The third-order valence-electron chi connectivity index (χ3n) is 2.24. The van der Waals surface area contributed by atoms with Gasteiger partial charge in [0, 0.05) is 24.7 Å². The fourth-order valence-electron chi connectivity index (χ4n) is 1.36. The normalized spacial score (nSPS) is 13.1. The molecule has 1 aromatic carbocycles. The van der Waals surface area contributed by atoms with Crippen LogP contribution < -0.4 is 5.32 Å². The minimum absolute atomic E-state index is 0.0877. The molecular formula is C12H18ClNO. The summed E-state index contributed by atoms with van der Waals surface area (Å²) in [6.45, 7) is 5.05. The van der Waals surface area contributed by atoms with Crippen molar-refractivity contribution in [3.05, 3.63) is 34.9 Å². The first-order chi connectivity index (χ1) is 7.13. The van der Waals surface area contributed by atoms with Crippen molar-refractivity contribution in [2.45, 2.75) is 26.0 Å². The molecule has 1 unspecified atom stereocenters. The predicted octanol–water partition coefficient (Wildman–Crippen LogP) is 3.03. The molecule has 0 fully saturated rings. The second-order valence-corrected chi connectivity index (χ2v) is 4.28. The molecule has 0 aliphatic rings. The Morgan fingerprint density at radius 2 is 1.87 bits per heavy atom. The molecule has 2 nitrogen and oxygen atoms in total. The molecule has 0 amide bonds. The molecule has 1 N–H and O–H groups in total. The van der Waals surface area contributed by atoms with E-state index < -0.39 is 0 Å². The molecule has 0 heterocycles. The number of hydrogen-bond acceptors (Lipinski definition) is 2. The zero-order valence-electron chi connectivity index (χ0n) is 9.46. The van der Waals surface area contributed by atoms with Crippen LogP contribution in [0.3, 0.4) is 0 Å². The maximum Gasteiger partial charge on any atom is 0.0945 e. The number of halogens is 1. The molecule has 3 heteroatoms. The van der Waals surface area contributed by atoms with Gasteiger partial charge in [-0.1, -0.05) is 37.6 Å². The van der Waals surface area contributed by atoms with Gasteiger partial charge in [0.25, 0.3) is 0 Å². The third kappa shape index (κ3) is 4.20.